The summed E-state index contributed by atoms with van der Waals surface area (Å²) in [6.45, 7) is -0.497. The number of aromatic amines is 1. The van der Waals surface area contributed by atoms with Gasteiger partial charge in [0.15, 0.2) is 5.78 Å². The van der Waals surface area contributed by atoms with Crippen LogP contribution in [0.2, 0.25) is 0 Å². The van der Waals surface area contributed by atoms with E-state index >= 15 is 0 Å². The summed E-state index contributed by atoms with van der Waals surface area (Å²) in [6, 6.07) is 7.21. The molecule has 1 atom stereocenters. The Labute approximate surface area is 93.1 Å². The number of aliphatic hydroxyl groups is 1. The molecule has 1 heterocycles. The van der Waals surface area contributed by atoms with Gasteiger partial charge in [-0.3, -0.25) is 4.79 Å². The topological polar surface area (TPSA) is 79.1 Å². The van der Waals surface area contributed by atoms with Crippen LogP contribution in [0, 0.1) is 0 Å². The maximum atomic E-state index is 11.2. The Kier molecular flexibility index (Phi) is 3.03. The highest BCUT2D eigenvalue weighted by Crippen LogP contribution is 2.18. The number of nitrogens with two attached hydrogens (primary N) is 1. The molecule has 1 unspecified atom stereocenters. The molecule has 4 N–H and O–H groups in total. The molecule has 0 spiro atoms. The molecular weight excluding hydrogens is 204 g/mol. The van der Waals surface area contributed by atoms with E-state index < -0.39 is 12.6 Å². The third-order valence-electron chi connectivity index (χ3n) is 2.68. The summed E-state index contributed by atoms with van der Waals surface area (Å²) in [5.74, 6) is -0.328. The summed E-state index contributed by atoms with van der Waals surface area (Å²) in [4.78, 5) is 14.3. The number of para-hydroxylation sites is 1. The van der Waals surface area contributed by atoms with Gasteiger partial charge in [-0.05, 0) is 18.1 Å². The Morgan fingerprint density at radius 3 is 2.94 bits per heavy atom. The van der Waals surface area contributed by atoms with Crippen LogP contribution in [0.5, 0.6) is 0 Å². The van der Waals surface area contributed by atoms with Gasteiger partial charge in [0.2, 0.25) is 0 Å². The zero-order valence-corrected chi connectivity index (χ0v) is 8.81. The van der Waals surface area contributed by atoms with Gasteiger partial charge in [0, 0.05) is 17.1 Å². The van der Waals surface area contributed by atoms with E-state index in [1.54, 1.807) is 0 Å². The van der Waals surface area contributed by atoms with E-state index in [1.165, 1.54) is 0 Å². The molecule has 2 aromatic rings. The van der Waals surface area contributed by atoms with Crippen LogP contribution in [0.4, 0.5) is 0 Å². The Balaban J connectivity index is 2.24. The monoisotopic (exact) mass is 218 g/mol. The molecule has 0 fully saturated rings. The van der Waals surface area contributed by atoms with E-state index in [2.05, 4.69) is 4.98 Å². The lowest BCUT2D eigenvalue weighted by Crippen LogP contribution is -2.34. The third-order valence-corrected chi connectivity index (χ3v) is 2.68. The Morgan fingerprint density at radius 2 is 2.19 bits per heavy atom. The zero-order valence-electron chi connectivity index (χ0n) is 8.81. The van der Waals surface area contributed by atoms with Crippen molar-refractivity contribution in [1.82, 2.24) is 4.98 Å². The van der Waals surface area contributed by atoms with Gasteiger partial charge >= 0.3 is 0 Å². The summed E-state index contributed by atoms with van der Waals surface area (Å²) in [5, 5.41) is 9.78. The van der Waals surface area contributed by atoms with Crippen molar-refractivity contribution >= 4 is 16.7 Å². The van der Waals surface area contributed by atoms with Crippen molar-refractivity contribution in [2.24, 2.45) is 5.73 Å². The molecule has 0 saturated carbocycles. The van der Waals surface area contributed by atoms with Gasteiger partial charge in [-0.2, -0.15) is 0 Å². The molecule has 0 aliphatic rings. The summed E-state index contributed by atoms with van der Waals surface area (Å²) in [7, 11) is 0. The van der Waals surface area contributed by atoms with Crippen LogP contribution in [0.15, 0.2) is 30.5 Å². The summed E-state index contributed by atoms with van der Waals surface area (Å²) >= 11 is 0. The lowest BCUT2D eigenvalue weighted by atomic mass is 10.0. The molecule has 1 aromatic heterocycles. The fourth-order valence-electron chi connectivity index (χ4n) is 1.77. The minimum atomic E-state index is -0.635. The quantitative estimate of drug-likeness (QED) is 0.703. The second-order valence-corrected chi connectivity index (χ2v) is 3.79. The van der Waals surface area contributed by atoms with Crippen LogP contribution in [-0.2, 0) is 11.2 Å². The van der Waals surface area contributed by atoms with Gasteiger partial charge in [0.05, 0.1) is 6.04 Å². The van der Waals surface area contributed by atoms with Crippen molar-refractivity contribution in [3.05, 3.63) is 36.0 Å². The maximum absolute atomic E-state index is 11.2. The van der Waals surface area contributed by atoms with Gasteiger partial charge in [-0.25, -0.2) is 0 Å². The predicted molar refractivity (Wildman–Crippen MR) is 62.1 cm³/mol. The molecule has 4 nitrogen and oxygen atoms in total. The number of carbonyl (C=O) groups excluding carboxylic acids is 1. The average Bonchev–Trinajstić information content (AvgIpc) is 2.72. The van der Waals surface area contributed by atoms with E-state index in [4.69, 9.17) is 10.8 Å². The summed E-state index contributed by atoms with van der Waals surface area (Å²) < 4.78 is 0. The van der Waals surface area contributed by atoms with Crippen LogP contribution in [0.25, 0.3) is 10.9 Å². The van der Waals surface area contributed by atoms with Crippen LogP contribution in [0.3, 0.4) is 0 Å². The first-order valence-electron chi connectivity index (χ1n) is 5.16. The Hall–Kier alpha value is -1.65. The normalized spacial score (nSPS) is 12.9. The number of hydrogen-bond acceptors (Lipinski definition) is 3. The zero-order chi connectivity index (χ0) is 11.5. The van der Waals surface area contributed by atoms with Crippen molar-refractivity contribution in [3.63, 3.8) is 0 Å². The van der Waals surface area contributed by atoms with Gasteiger partial charge in [0.1, 0.15) is 6.61 Å². The first kappa shape index (κ1) is 10.9. The highest BCUT2D eigenvalue weighted by molar-refractivity contribution is 5.87. The lowest BCUT2D eigenvalue weighted by molar-refractivity contribution is -0.122. The Morgan fingerprint density at radius 1 is 1.44 bits per heavy atom. The number of carbonyl (C=O) groups is 1. The molecule has 0 saturated heterocycles. The summed E-state index contributed by atoms with van der Waals surface area (Å²) in [6.07, 6.45) is 2.30. The largest absolute Gasteiger partial charge is 0.389 e. The molecule has 4 heteroatoms. The fourth-order valence-corrected chi connectivity index (χ4v) is 1.77. The smallest absolute Gasteiger partial charge is 0.175 e. The van der Waals surface area contributed by atoms with Crippen LogP contribution >= 0.6 is 0 Å². The average molecular weight is 218 g/mol. The van der Waals surface area contributed by atoms with Gasteiger partial charge in [-0.1, -0.05) is 18.2 Å². The minimum Gasteiger partial charge on any atom is -0.389 e. The molecular formula is C12H14N2O2. The molecule has 84 valence electrons. The highest BCUT2D eigenvalue weighted by atomic mass is 16.3. The van der Waals surface area contributed by atoms with Crippen molar-refractivity contribution in [2.75, 3.05) is 6.61 Å². The van der Waals surface area contributed by atoms with E-state index in [-0.39, 0.29) is 5.78 Å². The summed E-state index contributed by atoms with van der Waals surface area (Å²) in [5.41, 5.74) is 7.72. The van der Waals surface area contributed by atoms with Gasteiger partial charge in [0.25, 0.3) is 0 Å². The van der Waals surface area contributed by atoms with Crippen LogP contribution in [-0.4, -0.2) is 28.5 Å². The molecule has 2 rings (SSSR count). The van der Waals surface area contributed by atoms with Crippen LogP contribution in [0.1, 0.15) is 5.56 Å². The number of fused-ring (bicyclic) bond motifs is 1. The van der Waals surface area contributed by atoms with E-state index in [9.17, 15) is 4.79 Å². The SMILES string of the molecule is NC(Cc1c[nH]c2ccccc12)C(=O)CO. The number of benzene rings is 1. The van der Waals surface area contributed by atoms with Gasteiger partial charge < -0.3 is 15.8 Å². The molecule has 0 radical (unpaired) electrons. The number of H-pyrrole nitrogens is 1. The molecule has 16 heavy (non-hydrogen) atoms. The maximum Gasteiger partial charge on any atom is 0.175 e. The van der Waals surface area contributed by atoms with Crippen molar-refractivity contribution < 1.29 is 9.90 Å². The second kappa shape index (κ2) is 4.47. The first-order valence-corrected chi connectivity index (χ1v) is 5.16. The predicted octanol–water partition coefficient (Wildman–Crippen LogP) is 0.599. The van der Waals surface area contributed by atoms with Crippen molar-refractivity contribution in [1.29, 1.82) is 0 Å². The number of rotatable bonds is 4. The third kappa shape index (κ3) is 1.98. The fraction of sp³-hybridized carbons (Fsp3) is 0.250. The number of hydrogen-bond donors (Lipinski definition) is 3. The number of ketones is 1. The standard InChI is InChI=1S/C12H14N2O2/c13-10(12(16)7-15)5-8-6-14-11-4-2-1-3-9(8)11/h1-4,6,10,14-15H,5,7,13H2. The number of aliphatic hydroxyl groups excluding tert-OH is 1. The van der Waals surface area contributed by atoms with Crippen LogP contribution < -0.4 is 5.73 Å². The molecule has 0 bridgehead atoms. The lowest BCUT2D eigenvalue weighted by Gasteiger charge is -2.07. The Bertz CT molecular complexity index is 504. The first-order chi connectivity index (χ1) is 7.72. The molecule has 1 aromatic carbocycles. The number of Topliss-reactive ketones (excluding diaryl/α,β-unsaturated/α-hetero) is 1. The highest BCUT2D eigenvalue weighted by Gasteiger charge is 2.14. The van der Waals surface area contributed by atoms with Crippen molar-refractivity contribution in [3.8, 4) is 0 Å². The molecule has 0 aliphatic heterocycles. The van der Waals surface area contributed by atoms with E-state index in [0.29, 0.717) is 6.42 Å². The minimum absolute atomic E-state index is 0.328. The van der Waals surface area contributed by atoms with Crippen molar-refractivity contribution in [2.45, 2.75) is 12.5 Å². The van der Waals surface area contributed by atoms with E-state index in [0.717, 1.165) is 16.5 Å². The second-order valence-electron chi connectivity index (χ2n) is 3.79. The number of aromatic nitrogens is 1. The van der Waals surface area contributed by atoms with E-state index in [1.807, 2.05) is 30.5 Å². The molecule has 0 amide bonds. The van der Waals surface area contributed by atoms with Gasteiger partial charge in [-0.15, -0.1) is 0 Å². The molecule has 0 aliphatic carbocycles. The number of nitrogens with one attached hydrogen (secondary N) is 1.